The quantitative estimate of drug-likeness (QED) is 0.444. The second kappa shape index (κ2) is 1.92. The maximum atomic E-state index is 7.18. The summed E-state index contributed by atoms with van der Waals surface area (Å²) in [7, 11) is 0. The van der Waals surface area contributed by atoms with E-state index in [0.29, 0.717) is 5.71 Å². The Labute approximate surface area is 48.2 Å². The van der Waals surface area contributed by atoms with Crippen LogP contribution in [0.15, 0.2) is 24.3 Å². The van der Waals surface area contributed by atoms with Gasteiger partial charge in [0.15, 0.2) is 5.71 Å². The van der Waals surface area contributed by atoms with Crippen LogP contribution in [0, 0.1) is 0 Å². The van der Waals surface area contributed by atoms with Crippen LogP contribution in [0.2, 0.25) is 0 Å². The van der Waals surface area contributed by atoms with Crippen molar-refractivity contribution in [2.45, 2.75) is 6.04 Å². The van der Waals surface area contributed by atoms with Crippen LogP contribution in [0.25, 0.3) is 5.73 Å². The summed E-state index contributed by atoms with van der Waals surface area (Å²) in [4.78, 5) is 0. The van der Waals surface area contributed by atoms with Crippen molar-refractivity contribution < 1.29 is 5.41 Å². The van der Waals surface area contributed by atoms with Crippen LogP contribution in [-0.2, 0) is 0 Å². The number of nitrogens with two attached hydrogens (primary N) is 1. The first-order valence-electron chi connectivity index (χ1n) is 2.49. The largest absolute Gasteiger partial charge is 0.663 e. The van der Waals surface area contributed by atoms with Crippen molar-refractivity contribution in [1.82, 2.24) is 0 Å². The van der Waals surface area contributed by atoms with E-state index in [1.807, 2.05) is 12.2 Å². The predicted octanol–water partition coefficient (Wildman–Crippen LogP) is -0.267. The summed E-state index contributed by atoms with van der Waals surface area (Å²) in [6.07, 6.45) is 7.15. The minimum atomic E-state index is -0.319. The average molecular weight is 108 g/mol. The Hall–Kier alpha value is -0.890. The first kappa shape index (κ1) is 5.25. The number of rotatable bonds is 0. The molecule has 0 amide bonds. The third-order valence-electron chi connectivity index (χ3n) is 1.06. The molecule has 0 bridgehead atoms. The third kappa shape index (κ3) is 0.845. The van der Waals surface area contributed by atoms with Gasteiger partial charge in [0, 0.05) is 6.08 Å². The van der Waals surface area contributed by atoms with Crippen molar-refractivity contribution in [3.63, 3.8) is 0 Å². The van der Waals surface area contributed by atoms with Crippen molar-refractivity contribution in [1.29, 1.82) is 0 Å². The second-order valence-electron chi connectivity index (χ2n) is 1.72. The van der Waals surface area contributed by atoms with Crippen molar-refractivity contribution in [2.24, 2.45) is 0 Å². The molecule has 0 aliphatic heterocycles. The van der Waals surface area contributed by atoms with Crippen LogP contribution >= 0.6 is 0 Å². The Morgan fingerprint density at radius 3 is 2.62 bits per heavy atom. The Balaban J connectivity index is 2.74. The lowest BCUT2D eigenvalue weighted by Gasteiger charge is -2.10. The SMILES string of the molecule is [NH-]C1C=CC=CC1=[NH2+]. The molecule has 8 heavy (non-hydrogen) atoms. The van der Waals surface area contributed by atoms with E-state index in [9.17, 15) is 0 Å². The van der Waals surface area contributed by atoms with Crippen LogP contribution in [-0.4, -0.2) is 11.8 Å². The van der Waals surface area contributed by atoms with Gasteiger partial charge < -0.3 is 5.73 Å². The minimum absolute atomic E-state index is 0.319. The number of hydrogen-bond donors (Lipinski definition) is 1. The normalized spacial score (nSPS) is 26.6. The van der Waals surface area contributed by atoms with E-state index >= 15 is 0 Å². The summed E-state index contributed by atoms with van der Waals surface area (Å²) in [6.45, 7) is 0. The summed E-state index contributed by atoms with van der Waals surface area (Å²) in [6, 6.07) is -0.319. The highest BCUT2D eigenvalue weighted by molar-refractivity contribution is 5.98. The molecule has 0 aromatic heterocycles. The van der Waals surface area contributed by atoms with Crippen LogP contribution in [0.3, 0.4) is 0 Å². The molecule has 2 heteroatoms. The summed E-state index contributed by atoms with van der Waals surface area (Å²) in [5.41, 5.74) is 7.80. The molecule has 0 radical (unpaired) electrons. The molecule has 0 spiro atoms. The van der Waals surface area contributed by atoms with E-state index in [1.165, 1.54) is 0 Å². The Morgan fingerprint density at radius 1 is 1.50 bits per heavy atom. The molecule has 0 saturated carbocycles. The third-order valence-corrected chi connectivity index (χ3v) is 1.06. The van der Waals surface area contributed by atoms with E-state index in [2.05, 4.69) is 0 Å². The highest BCUT2D eigenvalue weighted by Gasteiger charge is 2.00. The molecule has 3 N–H and O–H groups in total. The van der Waals surface area contributed by atoms with E-state index in [1.54, 1.807) is 12.2 Å². The summed E-state index contributed by atoms with van der Waals surface area (Å²) in [5.74, 6) is 0. The molecule has 0 heterocycles. The zero-order chi connectivity index (χ0) is 5.98. The molecule has 42 valence electrons. The van der Waals surface area contributed by atoms with Crippen LogP contribution in [0.4, 0.5) is 0 Å². The molecule has 0 fully saturated rings. The van der Waals surface area contributed by atoms with Crippen molar-refractivity contribution in [3.8, 4) is 0 Å². The summed E-state index contributed by atoms with van der Waals surface area (Å²) in [5, 5.41) is 5.37. The highest BCUT2D eigenvalue weighted by atomic mass is 14.7. The first-order chi connectivity index (χ1) is 3.80. The molecule has 0 aromatic rings. The standard InChI is InChI=1S/C6H7N2/c7-5-3-1-2-4-6(5)8/h1-5,7-8H/q-1/p+1. The van der Waals surface area contributed by atoms with Crippen LogP contribution < -0.4 is 5.41 Å². The van der Waals surface area contributed by atoms with E-state index in [4.69, 9.17) is 11.1 Å². The fourth-order valence-electron chi connectivity index (χ4n) is 0.557. The molecule has 1 atom stereocenters. The van der Waals surface area contributed by atoms with Gasteiger partial charge in [-0.3, -0.25) is 5.41 Å². The summed E-state index contributed by atoms with van der Waals surface area (Å²) >= 11 is 0. The first-order valence-corrected chi connectivity index (χ1v) is 2.49. The molecule has 2 nitrogen and oxygen atoms in total. The predicted molar refractivity (Wildman–Crippen MR) is 33.3 cm³/mol. The highest BCUT2D eigenvalue weighted by Crippen LogP contribution is 1.98. The van der Waals surface area contributed by atoms with E-state index < -0.39 is 0 Å². The van der Waals surface area contributed by atoms with Gasteiger partial charge >= 0.3 is 0 Å². The lowest BCUT2D eigenvalue weighted by molar-refractivity contribution is -0.114. The zero-order valence-electron chi connectivity index (χ0n) is 4.46. The second-order valence-corrected chi connectivity index (χ2v) is 1.72. The molecule has 0 aromatic carbocycles. The minimum Gasteiger partial charge on any atom is -0.663 e. The maximum absolute atomic E-state index is 7.18. The topological polar surface area (TPSA) is 49.4 Å². The van der Waals surface area contributed by atoms with Gasteiger partial charge in [0.1, 0.15) is 0 Å². The summed E-state index contributed by atoms with van der Waals surface area (Å²) < 4.78 is 0. The molecule has 1 unspecified atom stereocenters. The molecule has 1 rings (SSSR count). The van der Waals surface area contributed by atoms with Gasteiger partial charge in [0.2, 0.25) is 0 Å². The maximum Gasteiger partial charge on any atom is 0.158 e. The average Bonchev–Trinajstić information content (AvgIpc) is 1.77. The number of allylic oxidation sites excluding steroid dienone is 2. The molecule has 1 aliphatic rings. The van der Waals surface area contributed by atoms with Crippen molar-refractivity contribution in [2.75, 3.05) is 0 Å². The van der Waals surface area contributed by atoms with Gasteiger partial charge in [-0.1, -0.05) is 18.2 Å². The van der Waals surface area contributed by atoms with Gasteiger partial charge in [-0.2, -0.15) is 0 Å². The van der Waals surface area contributed by atoms with Crippen LogP contribution in [0.1, 0.15) is 0 Å². The molecular weight excluding hydrogens is 100 g/mol. The molecule has 1 aliphatic carbocycles. The lowest BCUT2D eigenvalue weighted by atomic mass is 10.1. The smallest absolute Gasteiger partial charge is 0.158 e. The zero-order valence-corrected chi connectivity index (χ0v) is 4.46. The van der Waals surface area contributed by atoms with Gasteiger partial charge in [-0.05, 0) is 6.04 Å². The monoisotopic (exact) mass is 108 g/mol. The van der Waals surface area contributed by atoms with Crippen molar-refractivity contribution >= 4 is 5.71 Å². The van der Waals surface area contributed by atoms with E-state index in [-0.39, 0.29) is 6.04 Å². The van der Waals surface area contributed by atoms with E-state index in [0.717, 1.165) is 0 Å². The molecular formula is C6H8N2. The number of nitrogens with one attached hydrogen (secondary N) is 1. The van der Waals surface area contributed by atoms with Crippen LogP contribution in [0.5, 0.6) is 0 Å². The number of hydrogen-bond acceptors (Lipinski definition) is 0. The lowest BCUT2D eigenvalue weighted by Crippen LogP contribution is -2.44. The van der Waals surface area contributed by atoms with Gasteiger partial charge in [-0.25, -0.2) is 0 Å². The van der Waals surface area contributed by atoms with Gasteiger partial charge in [-0.15, -0.1) is 0 Å². The Bertz CT molecular complexity index is 156. The Kier molecular flexibility index (Phi) is 1.26. The van der Waals surface area contributed by atoms with Gasteiger partial charge in [0.05, 0.1) is 0 Å². The fourth-order valence-corrected chi connectivity index (χ4v) is 0.557. The van der Waals surface area contributed by atoms with Crippen molar-refractivity contribution in [3.05, 3.63) is 30.0 Å². The molecule has 0 saturated heterocycles. The van der Waals surface area contributed by atoms with Gasteiger partial charge in [0.25, 0.3) is 0 Å². The Morgan fingerprint density at radius 2 is 2.25 bits per heavy atom. The fraction of sp³-hybridized carbons (Fsp3) is 0.167.